The van der Waals surface area contributed by atoms with Crippen LogP contribution in [0, 0.1) is 5.92 Å². The van der Waals surface area contributed by atoms with Crippen molar-refractivity contribution in [3.63, 3.8) is 0 Å². The lowest BCUT2D eigenvalue weighted by molar-refractivity contribution is 0.0934. The molecule has 2 heterocycles. The molecule has 0 unspecified atom stereocenters. The second-order valence-corrected chi connectivity index (χ2v) is 8.82. The number of primary amides is 1. The Labute approximate surface area is 206 Å². The van der Waals surface area contributed by atoms with Gasteiger partial charge in [0.1, 0.15) is 5.69 Å². The first-order valence-corrected chi connectivity index (χ1v) is 11.7. The van der Waals surface area contributed by atoms with Gasteiger partial charge in [-0.05, 0) is 53.3 Å². The van der Waals surface area contributed by atoms with Crippen LogP contribution < -0.4 is 16.4 Å². The number of carbonyl (C=O) groups excluding carboxylic acids is 3. The van der Waals surface area contributed by atoms with Crippen LogP contribution in [-0.4, -0.2) is 44.2 Å². The van der Waals surface area contributed by atoms with Gasteiger partial charge in [-0.25, -0.2) is 9.67 Å². The first-order chi connectivity index (χ1) is 17.5. The summed E-state index contributed by atoms with van der Waals surface area (Å²) >= 11 is 0. The van der Waals surface area contributed by atoms with Gasteiger partial charge in [0, 0.05) is 18.3 Å². The zero-order valence-electron chi connectivity index (χ0n) is 19.5. The van der Waals surface area contributed by atoms with Crippen LogP contribution >= 0.6 is 0 Å². The maximum atomic E-state index is 13.3. The maximum Gasteiger partial charge on any atom is 0.272 e. The van der Waals surface area contributed by atoms with Crippen LogP contribution in [0.25, 0.3) is 10.8 Å². The van der Waals surface area contributed by atoms with Crippen LogP contribution in [0.3, 0.4) is 0 Å². The van der Waals surface area contributed by atoms with E-state index in [2.05, 4.69) is 25.9 Å². The van der Waals surface area contributed by atoms with Gasteiger partial charge in [0.2, 0.25) is 0 Å². The number of fused-ring (bicyclic) bond motifs is 1. The van der Waals surface area contributed by atoms with Gasteiger partial charge in [0.25, 0.3) is 17.7 Å². The fourth-order valence-electron chi connectivity index (χ4n) is 4.32. The summed E-state index contributed by atoms with van der Waals surface area (Å²) in [4.78, 5) is 41.9. The van der Waals surface area contributed by atoms with E-state index < -0.39 is 5.91 Å². The number of nitrogens with zero attached hydrogens (tertiary/aromatic N) is 4. The van der Waals surface area contributed by atoms with Crippen molar-refractivity contribution in [2.75, 3.05) is 11.9 Å². The van der Waals surface area contributed by atoms with Crippen LogP contribution in [-0.2, 0) is 6.54 Å². The van der Waals surface area contributed by atoms with Crippen molar-refractivity contribution in [1.29, 1.82) is 0 Å². The normalized spacial score (nSPS) is 13.2. The van der Waals surface area contributed by atoms with Gasteiger partial charge in [0.15, 0.2) is 5.69 Å². The number of carbonyl (C=O) groups is 3. The Morgan fingerprint density at radius 2 is 1.81 bits per heavy atom. The minimum absolute atomic E-state index is 0.177. The molecule has 0 radical (unpaired) electrons. The highest BCUT2D eigenvalue weighted by atomic mass is 16.2. The van der Waals surface area contributed by atoms with Gasteiger partial charge in [-0.2, -0.15) is 0 Å². The summed E-state index contributed by atoms with van der Waals surface area (Å²) in [5.74, 6) is -0.782. The zero-order valence-corrected chi connectivity index (χ0v) is 19.5. The molecule has 1 saturated carbocycles. The Hall–Kier alpha value is -4.60. The number of rotatable bonds is 8. The number of amides is 3. The van der Waals surface area contributed by atoms with E-state index in [0.717, 1.165) is 23.8 Å². The van der Waals surface area contributed by atoms with Crippen molar-refractivity contribution >= 4 is 34.2 Å². The van der Waals surface area contributed by atoms with Crippen molar-refractivity contribution in [3.05, 3.63) is 83.4 Å². The van der Waals surface area contributed by atoms with Crippen molar-refractivity contribution in [1.82, 2.24) is 25.3 Å². The van der Waals surface area contributed by atoms with E-state index in [1.165, 1.54) is 23.5 Å². The predicted molar refractivity (Wildman–Crippen MR) is 133 cm³/mol. The molecule has 4 N–H and O–H groups in total. The van der Waals surface area contributed by atoms with Crippen LogP contribution in [0.5, 0.6) is 0 Å². The zero-order chi connectivity index (χ0) is 25.1. The summed E-state index contributed by atoms with van der Waals surface area (Å²) in [5, 5.41) is 15.0. The second-order valence-electron chi connectivity index (χ2n) is 8.82. The van der Waals surface area contributed by atoms with Gasteiger partial charge in [0.05, 0.1) is 18.4 Å². The lowest BCUT2D eigenvalue weighted by atomic mass is 9.85. The molecule has 0 atom stereocenters. The Bertz CT molecular complexity index is 1460. The third-order valence-electron chi connectivity index (χ3n) is 6.50. The van der Waals surface area contributed by atoms with Gasteiger partial charge >= 0.3 is 0 Å². The number of aromatic nitrogens is 4. The standard InChI is InChI=1S/C26H25N7O3/c27-24(34)22-14-30-32-33(22)15-17-10-11-20(19-8-2-1-7-18(17)19)25(35)31-21-9-4-12-28-23(21)26(36)29-13-16-5-3-6-16/h1-2,4,7-12,14,16H,3,5-6,13,15H2,(H2,27,34)(H,29,36)(H,31,35). The molecule has 182 valence electrons. The fourth-order valence-corrected chi connectivity index (χ4v) is 4.32. The molecule has 1 aliphatic carbocycles. The molecule has 5 rings (SSSR count). The number of hydrogen-bond donors (Lipinski definition) is 3. The van der Waals surface area contributed by atoms with Gasteiger partial charge in [-0.3, -0.25) is 14.4 Å². The predicted octanol–water partition coefficient (Wildman–Crippen LogP) is 2.76. The Kier molecular flexibility index (Phi) is 6.40. The Balaban J connectivity index is 1.40. The monoisotopic (exact) mass is 483 g/mol. The van der Waals surface area contributed by atoms with Crippen LogP contribution in [0.2, 0.25) is 0 Å². The summed E-state index contributed by atoms with van der Waals surface area (Å²) in [6.45, 7) is 0.868. The topological polar surface area (TPSA) is 145 Å². The summed E-state index contributed by atoms with van der Waals surface area (Å²) in [5.41, 5.74) is 7.41. The molecule has 2 aromatic heterocycles. The molecule has 0 saturated heterocycles. The highest BCUT2D eigenvalue weighted by Crippen LogP contribution is 2.26. The third kappa shape index (κ3) is 4.65. The molecule has 4 aromatic rings. The summed E-state index contributed by atoms with van der Waals surface area (Å²) in [6, 6.07) is 14.3. The molecule has 0 bridgehead atoms. The number of hydrogen-bond acceptors (Lipinski definition) is 6. The molecule has 10 nitrogen and oxygen atoms in total. The second kappa shape index (κ2) is 9.95. The molecular formula is C26H25N7O3. The summed E-state index contributed by atoms with van der Waals surface area (Å²) in [7, 11) is 0. The highest BCUT2D eigenvalue weighted by Gasteiger charge is 2.21. The molecule has 0 aliphatic heterocycles. The van der Waals surface area contributed by atoms with Crippen LogP contribution in [0.1, 0.15) is 56.2 Å². The van der Waals surface area contributed by atoms with E-state index in [1.807, 2.05) is 24.3 Å². The van der Waals surface area contributed by atoms with Crippen LogP contribution in [0.15, 0.2) is 60.9 Å². The number of nitrogens with one attached hydrogen (secondary N) is 2. The van der Waals surface area contributed by atoms with Crippen molar-refractivity contribution < 1.29 is 14.4 Å². The average molecular weight is 484 g/mol. The Morgan fingerprint density at radius 3 is 2.56 bits per heavy atom. The van der Waals surface area contributed by atoms with Crippen molar-refractivity contribution in [2.24, 2.45) is 11.7 Å². The lowest BCUT2D eigenvalue weighted by Gasteiger charge is -2.25. The van der Waals surface area contributed by atoms with Gasteiger partial charge in [-0.15, -0.1) is 5.10 Å². The fraction of sp³-hybridized carbons (Fsp3) is 0.231. The molecule has 0 spiro atoms. The van der Waals surface area contributed by atoms with E-state index >= 15 is 0 Å². The molecule has 3 amide bonds. The van der Waals surface area contributed by atoms with Crippen molar-refractivity contribution in [2.45, 2.75) is 25.8 Å². The third-order valence-corrected chi connectivity index (χ3v) is 6.50. The number of benzene rings is 2. The number of pyridine rings is 1. The summed E-state index contributed by atoms with van der Waals surface area (Å²) < 4.78 is 1.42. The van der Waals surface area contributed by atoms with E-state index in [0.29, 0.717) is 29.1 Å². The first-order valence-electron chi connectivity index (χ1n) is 11.7. The number of nitrogens with two attached hydrogens (primary N) is 1. The minimum Gasteiger partial charge on any atom is -0.364 e. The number of anilines is 1. The molecule has 1 fully saturated rings. The van der Waals surface area contributed by atoms with E-state index in [-0.39, 0.29) is 29.7 Å². The smallest absolute Gasteiger partial charge is 0.272 e. The van der Waals surface area contributed by atoms with Crippen LogP contribution in [0.4, 0.5) is 5.69 Å². The van der Waals surface area contributed by atoms with E-state index in [1.54, 1.807) is 24.3 Å². The first kappa shape index (κ1) is 23.2. The average Bonchev–Trinajstić information content (AvgIpc) is 3.32. The maximum absolute atomic E-state index is 13.3. The molecule has 2 aromatic carbocycles. The highest BCUT2D eigenvalue weighted by molar-refractivity contribution is 6.15. The molecule has 10 heteroatoms. The van der Waals surface area contributed by atoms with Gasteiger partial charge < -0.3 is 16.4 Å². The molecule has 36 heavy (non-hydrogen) atoms. The largest absolute Gasteiger partial charge is 0.364 e. The van der Waals surface area contributed by atoms with Crippen molar-refractivity contribution in [3.8, 4) is 0 Å². The Morgan fingerprint density at radius 1 is 1.00 bits per heavy atom. The van der Waals surface area contributed by atoms with E-state index in [9.17, 15) is 14.4 Å². The quantitative estimate of drug-likeness (QED) is 0.351. The lowest BCUT2D eigenvalue weighted by Crippen LogP contribution is -2.33. The van der Waals surface area contributed by atoms with Gasteiger partial charge in [-0.1, -0.05) is 42.0 Å². The minimum atomic E-state index is -0.621. The molecular weight excluding hydrogens is 458 g/mol. The van der Waals surface area contributed by atoms with E-state index in [4.69, 9.17) is 5.73 Å². The molecule has 1 aliphatic rings. The summed E-state index contributed by atoms with van der Waals surface area (Å²) in [6.07, 6.45) is 6.29. The SMILES string of the molecule is NC(=O)c1cnnn1Cc1ccc(C(=O)Nc2cccnc2C(=O)NCC2CCC2)c2ccccc12.